The molecule has 2 heteroatoms. The van der Waals surface area contributed by atoms with Crippen molar-refractivity contribution in [1.29, 1.82) is 0 Å². The fraction of sp³-hybridized carbons (Fsp3) is 1.00. The van der Waals surface area contributed by atoms with Gasteiger partial charge >= 0.3 is 46.6 Å². The van der Waals surface area contributed by atoms with Crippen LogP contribution in [0.2, 0.25) is 5.25 Å². The molecule has 1 nitrogen and oxygen atoms in total. The van der Waals surface area contributed by atoms with Crippen LogP contribution in [-0.2, 0) is 4.74 Å². The van der Waals surface area contributed by atoms with Gasteiger partial charge in [-0.1, -0.05) is 0 Å². The Balaban J connectivity index is 2.34. The third-order valence-electron chi connectivity index (χ3n) is 0.525. The Bertz CT molecular complexity index is 19.5. The zero-order chi connectivity index (χ0) is 4.83. The van der Waals surface area contributed by atoms with Crippen molar-refractivity contribution in [1.82, 2.24) is 0 Å². The Morgan fingerprint density at radius 3 is 2.50 bits per heavy atom. The molecule has 35 valence electrons. The maximum absolute atomic E-state index is 4.78. The molecule has 6 heavy (non-hydrogen) atoms. The molecule has 0 aromatic carbocycles. The zero-order valence-corrected chi connectivity index (χ0v) is 6.13. The van der Waals surface area contributed by atoms with Gasteiger partial charge in [-0.15, -0.1) is 0 Å². The second-order valence-corrected chi connectivity index (χ2v) is 2.15. The van der Waals surface area contributed by atoms with Gasteiger partial charge in [-0.3, -0.25) is 0 Å². The summed E-state index contributed by atoms with van der Waals surface area (Å²) in [5.41, 5.74) is 0. The summed E-state index contributed by atoms with van der Waals surface area (Å²) in [6.45, 7) is 0.913. The summed E-state index contributed by atoms with van der Waals surface area (Å²) >= 11 is 2.15. The van der Waals surface area contributed by atoms with Crippen molar-refractivity contribution in [3.63, 3.8) is 0 Å². The average Bonchev–Trinajstić information content (AvgIpc) is 1.61. The van der Waals surface area contributed by atoms with Crippen molar-refractivity contribution >= 4 is 16.5 Å². The van der Waals surface area contributed by atoms with E-state index in [-0.39, 0.29) is 0 Å². The Labute approximate surface area is 47.3 Å². The normalized spacial score (nSPS) is 9.00. The van der Waals surface area contributed by atoms with E-state index in [9.17, 15) is 0 Å². The monoisotopic (exact) mass is 147 g/mol. The predicted molar refractivity (Wildman–Crippen MR) is 27.1 cm³/mol. The SMILES string of the molecule is COCC[CH2][Ge]. The van der Waals surface area contributed by atoms with Crippen molar-refractivity contribution in [3.05, 3.63) is 0 Å². The molecule has 0 N–H and O–H groups in total. The molecule has 0 heterocycles. The van der Waals surface area contributed by atoms with E-state index in [1.54, 1.807) is 7.11 Å². The van der Waals surface area contributed by atoms with E-state index >= 15 is 0 Å². The maximum atomic E-state index is 4.78. The van der Waals surface area contributed by atoms with Crippen molar-refractivity contribution in [2.24, 2.45) is 0 Å². The van der Waals surface area contributed by atoms with Gasteiger partial charge in [0.05, 0.1) is 0 Å². The van der Waals surface area contributed by atoms with Crippen LogP contribution < -0.4 is 0 Å². The molecule has 0 aromatic heterocycles. The molecule has 0 aliphatic carbocycles. The fourth-order valence-corrected chi connectivity index (χ4v) is 0.519. The quantitative estimate of drug-likeness (QED) is 0.418. The van der Waals surface area contributed by atoms with Crippen LogP contribution in [0.15, 0.2) is 0 Å². The van der Waals surface area contributed by atoms with Gasteiger partial charge in [-0.25, -0.2) is 0 Å². The first kappa shape index (κ1) is 6.50. The molecule has 3 radical (unpaired) electrons. The van der Waals surface area contributed by atoms with E-state index in [1.165, 1.54) is 11.7 Å². The van der Waals surface area contributed by atoms with Gasteiger partial charge in [0, 0.05) is 0 Å². The second kappa shape index (κ2) is 5.50. The van der Waals surface area contributed by atoms with Crippen molar-refractivity contribution in [2.75, 3.05) is 13.7 Å². The van der Waals surface area contributed by atoms with Crippen molar-refractivity contribution in [3.8, 4) is 0 Å². The van der Waals surface area contributed by atoms with E-state index in [1.807, 2.05) is 0 Å². The molecular weight excluding hydrogens is 137 g/mol. The first-order valence-corrected chi connectivity index (χ1v) is 3.53. The first-order valence-electron chi connectivity index (χ1n) is 2.05. The molecule has 0 saturated heterocycles. The van der Waals surface area contributed by atoms with Crippen LogP contribution in [0.5, 0.6) is 0 Å². The third kappa shape index (κ3) is 4.50. The Morgan fingerprint density at radius 2 is 2.33 bits per heavy atom. The van der Waals surface area contributed by atoms with Gasteiger partial charge in [-0.2, -0.15) is 0 Å². The molecule has 0 aliphatic heterocycles. The van der Waals surface area contributed by atoms with Gasteiger partial charge in [-0.05, 0) is 0 Å². The molecule has 0 amide bonds. The molecule has 0 bridgehead atoms. The van der Waals surface area contributed by atoms with E-state index < -0.39 is 0 Å². The number of hydrogen-bond acceptors (Lipinski definition) is 1. The zero-order valence-electron chi connectivity index (χ0n) is 4.03. The van der Waals surface area contributed by atoms with Gasteiger partial charge < -0.3 is 0 Å². The second-order valence-electron chi connectivity index (χ2n) is 1.10. The van der Waals surface area contributed by atoms with Crippen LogP contribution in [0.3, 0.4) is 0 Å². The van der Waals surface area contributed by atoms with Crippen LogP contribution in [0.1, 0.15) is 6.42 Å². The van der Waals surface area contributed by atoms with Crippen LogP contribution in [-0.4, -0.2) is 30.2 Å². The summed E-state index contributed by atoms with van der Waals surface area (Å²) in [6.07, 6.45) is 1.19. The summed E-state index contributed by atoms with van der Waals surface area (Å²) in [7, 11) is 1.73. The minimum atomic E-state index is 0.913. The summed E-state index contributed by atoms with van der Waals surface area (Å²) in [6, 6.07) is 0. The summed E-state index contributed by atoms with van der Waals surface area (Å²) < 4.78 is 4.78. The molecule has 0 rings (SSSR count). The van der Waals surface area contributed by atoms with Gasteiger partial charge in [0.25, 0.3) is 0 Å². The van der Waals surface area contributed by atoms with E-state index in [0.717, 1.165) is 6.61 Å². The Kier molecular flexibility index (Phi) is 5.96. The number of hydrogen-bond donors (Lipinski definition) is 0. The average molecular weight is 146 g/mol. The summed E-state index contributed by atoms with van der Waals surface area (Å²) in [4.78, 5) is 0. The number of ether oxygens (including phenoxy) is 1. The van der Waals surface area contributed by atoms with Crippen LogP contribution in [0.4, 0.5) is 0 Å². The summed E-state index contributed by atoms with van der Waals surface area (Å²) in [5, 5.41) is 1.23. The van der Waals surface area contributed by atoms with E-state index in [4.69, 9.17) is 4.74 Å². The minimum absolute atomic E-state index is 0.913. The molecule has 0 aliphatic rings. The summed E-state index contributed by atoms with van der Waals surface area (Å²) in [5.74, 6) is 0. The Morgan fingerprint density at radius 1 is 1.67 bits per heavy atom. The van der Waals surface area contributed by atoms with Crippen LogP contribution in [0.25, 0.3) is 0 Å². The molecular formula is C4H9GeO. The van der Waals surface area contributed by atoms with Crippen molar-refractivity contribution < 1.29 is 4.74 Å². The first-order chi connectivity index (χ1) is 2.91. The molecule has 0 saturated carbocycles. The number of rotatable bonds is 3. The van der Waals surface area contributed by atoms with Gasteiger partial charge in [0.15, 0.2) is 0 Å². The van der Waals surface area contributed by atoms with Crippen molar-refractivity contribution in [2.45, 2.75) is 11.7 Å². The fourth-order valence-electron chi connectivity index (χ4n) is 0.217. The molecule has 0 fully saturated rings. The molecule has 0 aromatic rings. The topological polar surface area (TPSA) is 9.23 Å². The van der Waals surface area contributed by atoms with Gasteiger partial charge in [0.2, 0.25) is 0 Å². The third-order valence-corrected chi connectivity index (χ3v) is 1.27. The Hall–Kier alpha value is 0.503. The van der Waals surface area contributed by atoms with Crippen LogP contribution >= 0.6 is 0 Å². The standard InChI is InChI=1S/C4H9GeO/c1-6-4-2-3-5/h2-4H2,1H3. The van der Waals surface area contributed by atoms with Crippen LogP contribution in [0, 0.1) is 0 Å². The number of methoxy groups -OCH3 is 1. The molecule has 0 atom stereocenters. The van der Waals surface area contributed by atoms with E-state index in [0.29, 0.717) is 0 Å². The molecule has 0 unspecified atom stereocenters. The van der Waals surface area contributed by atoms with Gasteiger partial charge in [0.1, 0.15) is 0 Å². The molecule has 0 spiro atoms. The predicted octanol–water partition coefficient (Wildman–Crippen LogP) is 0.610. The van der Waals surface area contributed by atoms with E-state index in [2.05, 4.69) is 16.5 Å².